The molecule has 0 spiro atoms. The van der Waals surface area contributed by atoms with Gasteiger partial charge in [-0.25, -0.2) is 4.79 Å². The first kappa shape index (κ1) is 19.8. The number of benzene rings is 1. The maximum atomic E-state index is 12.5. The molecule has 1 aromatic rings. The summed E-state index contributed by atoms with van der Waals surface area (Å²) in [5.74, 6) is -0.938. The second-order valence-electron chi connectivity index (χ2n) is 5.76. The Morgan fingerprint density at radius 2 is 2.15 bits per heavy atom. The highest BCUT2D eigenvalue weighted by atomic mass is 35.5. The molecular formula is C16H13Cl3N2O3S2. The van der Waals surface area contributed by atoms with Crippen LogP contribution in [0.3, 0.4) is 0 Å². The van der Waals surface area contributed by atoms with Gasteiger partial charge in [0.2, 0.25) is 0 Å². The Kier molecular flexibility index (Phi) is 6.04. The molecule has 0 aromatic heterocycles. The minimum atomic E-state index is -1.15. The van der Waals surface area contributed by atoms with E-state index in [9.17, 15) is 14.7 Å². The van der Waals surface area contributed by atoms with Crippen LogP contribution in [0.1, 0.15) is 5.56 Å². The van der Waals surface area contributed by atoms with Gasteiger partial charge in [0.25, 0.3) is 5.91 Å². The monoisotopic (exact) mass is 450 g/mol. The molecule has 0 saturated carbocycles. The highest BCUT2D eigenvalue weighted by molar-refractivity contribution is 8.00. The first-order valence-corrected chi connectivity index (χ1v) is 10.3. The highest BCUT2D eigenvalue weighted by Gasteiger charge is 2.53. The van der Waals surface area contributed by atoms with Crippen molar-refractivity contribution in [3.63, 3.8) is 0 Å². The van der Waals surface area contributed by atoms with E-state index in [1.165, 1.54) is 16.7 Å². The summed E-state index contributed by atoms with van der Waals surface area (Å²) >= 11 is 24.7. The van der Waals surface area contributed by atoms with Crippen LogP contribution in [0.2, 0.25) is 10.0 Å². The molecule has 5 nitrogen and oxygen atoms in total. The number of hydrogen-bond donors (Lipinski definition) is 2. The number of carboxylic acids is 1. The van der Waals surface area contributed by atoms with Crippen molar-refractivity contribution in [2.75, 3.05) is 11.6 Å². The van der Waals surface area contributed by atoms with E-state index in [-0.39, 0.29) is 22.9 Å². The van der Waals surface area contributed by atoms with Crippen LogP contribution in [-0.4, -0.2) is 49.9 Å². The molecule has 0 bridgehead atoms. The van der Waals surface area contributed by atoms with Crippen LogP contribution in [0.25, 0.3) is 0 Å². The zero-order valence-electron chi connectivity index (χ0n) is 13.2. The molecule has 0 aliphatic carbocycles. The lowest BCUT2D eigenvalue weighted by Gasteiger charge is -2.49. The Morgan fingerprint density at radius 1 is 1.42 bits per heavy atom. The van der Waals surface area contributed by atoms with Crippen LogP contribution in [-0.2, 0) is 16.0 Å². The van der Waals surface area contributed by atoms with E-state index in [1.54, 1.807) is 18.2 Å². The van der Waals surface area contributed by atoms with Crippen LogP contribution in [0.4, 0.5) is 0 Å². The number of alkyl halides is 1. The number of nitrogens with zero attached hydrogens (tertiary/aromatic N) is 1. The number of carbonyl (C=O) groups is 2. The van der Waals surface area contributed by atoms with Gasteiger partial charge < -0.3 is 10.4 Å². The van der Waals surface area contributed by atoms with Crippen molar-refractivity contribution in [2.45, 2.75) is 17.8 Å². The number of thiocarbonyl (C=S) groups is 1. The summed E-state index contributed by atoms with van der Waals surface area (Å²) in [4.78, 5) is 25.7. The molecule has 1 aromatic carbocycles. The number of carboxylic acid groups (broad SMARTS) is 1. The number of halogens is 3. The maximum absolute atomic E-state index is 12.5. The molecular weight excluding hydrogens is 439 g/mol. The predicted molar refractivity (Wildman–Crippen MR) is 108 cm³/mol. The van der Waals surface area contributed by atoms with Gasteiger partial charge in [0.1, 0.15) is 17.1 Å². The summed E-state index contributed by atoms with van der Waals surface area (Å²) in [6.07, 6.45) is 0.338. The van der Waals surface area contributed by atoms with Crippen LogP contribution >= 0.6 is 58.8 Å². The molecule has 1 amide bonds. The molecule has 138 valence electrons. The van der Waals surface area contributed by atoms with E-state index in [1.807, 2.05) is 0 Å². The fourth-order valence-corrected chi connectivity index (χ4v) is 5.20. The SMILES string of the molecule is O=C(O)C1=C(CCl)CS[C@@H]2[C@H](NC(=S)Cc3cc(Cl)ccc3Cl)C(=O)N12. The zero-order chi connectivity index (χ0) is 19.0. The molecule has 1 fully saturated rings. The summed E-state index contributed by atoms with van der Waals surface area (Å²) in [5.41, 5.74) is 1.28. The topological polar surface area (TPSA) is 69.6 Å². The number of amides is 1. The fraction of sp³-hybridized carbons (Fsp3) is 0.312. The average Bonchev–Trinajstić information content (AvgIpc) is 2.61. The van der Waals surface area contributed by atoms with E-state index >= 15 is 0 Å². The lowest BCUT2D eigenvalue weighted by Crippen LogP contribution is -2.70. The number of carbonyl (C=O) groups excluding carboxylic acids is 1. The van der Waals surface area contributed by atoms with Gasteiger partial charge in [-0.1, -0.05) is 35.4 Å². The number of aliphatic carboxylic acids is 1. The van der Waals surface area contributed by atoms with Crippen molar-refractivity contribution in [3.8, 4) is 0 Å². The summed E-state index contributed by atoms with van der Waals surface area (Å²) in [7, 11) is 0. The smallest absolute Gasteiger partial charge is 0.352 e. The Bertz CT molecular complexity index is 831. The Balaban J connectivity index is 1.70. The summed E-state index contributed by atoms with van der Waals surface area (Å²) in [5, 5.41) is 13.2. The number of hydrogen-bond acceptors (Lipinski definition) is 4. The number of thioether (sulfide) groups is 1. The first-order chi connectivity index (χ1) is 12.3. The molecule has 2 aliphatic heterocycles. The van der Waals surface area contributed by atoms with E-state index in [0.29, 0.717) is 32.8 Å². The molecule has 2 heterocycles. The Labute approximate surface area is 174 Å². The number of rotatable bonds is 5. The highest BCUT2D eigenvalue weighted by Crippen LogP contribution is 2.40. The molecule has 2 aliphatic rings. The van der Waals surface area contributed by atoms with Crippen molar-refractivity contribution in [1.29, 1.82) is 0 Å². The number of β-lactam (4-membered cyclic amide) rings is 1. The summed E-state index contributed by atoms with van der Waals surface area (Å²) in [6.45, 7) is 0. The zero-order valence-corrected chi connectivity index (χ0v) is 17.1. The van der Waals surface area contributed by atoms with Crippen molar-refractivity contribution in [2.24, 2.45) is 0 Å². The molecule has 1 saturated heterocycles. The third-order valence-electron chi connectivity index (χ3n) is 4.09. The van der Waals surface area contributed by atoms with Gasteiger partial charge in [0, 0.05) is 28.1 Å². The van der Waals surface area contributed by atoms with Gasteiger partial charge in [-0.3, -0.25) is 9.69 Å². The minimum absolute atomic E-state index is 0.0180. The molecule has 2 atom stereocenters. The molecule has 3 rings (SSSR count). The Hall–Kier alpha value is -0.990. The fourth-order valence-electron chi connectivity index (χ4n) is 2.86. The molecule has 2 N–H and O–H groups in total. The average molecular weight is 452 g/mol. The number of fused-ring (bicyclic) bond motifs is 1. The van der Waals surface area contributed by atoms with Crippen LogP contribution in [0.15, 0.2) is 29.5 Å². The predicted octanol–water partition coefficient (Wildman–Crippen LogP) is 3.31. The van der Waals surface area contributed by atoms with E-state index < -0.39 is 12.0 Å². The van der Waals surface area contributed by atoms with Crippen LogP contribution in [0, 0.1) is 0 Å². The summed E-state index contributed by atoms with van der Waals surface area (Å²) in [6, 6.07) is 4.52. The Morgan fingerprint density at radius 3 is 2.81 bits per heavy atom. The van der Waals surface area contributed by atoms with E-state index in [4.69, 9.17) is 47.0 Å². The van der Waals surface area contributed by atoms with E-state index in [2.05, 4.69) is 5.32 Å². The molecule has 10 heteroatoms. The van der Waals surface area contributed by atoms with E-state index in [0.717, 1.165) is 5.56 Å². The third-order valence-corrected chi connectivity index (χ3v) is 6.61. The van der Waals surface area contributed by atoms with Crippen molar-refractivity contribution in [3.05, 3.63) is 45.1 Å². The van der Waals surface area contributed by atoms with Crippen LogP contribution < -0.4 is 5.32 Å². The molecule has 0 radical (unpaired) electrons. The maximum Gasteiger partial charge on any atom is 0.352 e. The summed E-state index contributed by atoms with van der Waals surface area (Å²) < 4.78 is 0. The largest absolute Gasteiger partial charge is 0.477 e. The van der Waals surface area contributed by atoms with Crippen molar-refractivity contribution in [1.82, 2.24) is 10.2 Å². The van der Waals surface area contributed by atoms with Gasteiger partial charge in [-0.2, -0.15) is 0 Å². The van der Waals surface area contributed by atoms with Crippen LogP contribution in [0.5, 0.6) is 0 Å². The lowest BCUT2D eigenvalue weighted by atomic mass is 10.0. The van der Waals surface area contributed by atoms with Gasteiger partial charge in [-0.15, -0.1) is 23.4 Å². The third kappa shape index (κ3) is 3.68. The molecule has 0 unspecified atom stereocenters. The van der Waals surface area contributed by atoms with Gasteiger partial charge in [0.05, 0.1) is 4.99 Å². The van der Waals surface area contributed by atoms with Gasteiger partial charge >= 0.3 is 5.97 Å². The standard InChI is InChI=1S/C16H13Cl3N2O3S2/c17-5-8-6-26-15-12(14(22)21(15)13(8)16(23)24)20-11(25)4-7-3-9(18)1-2-10(7)19/h1-3,12,15H,4-6H2,(H,20,25)(H,23,24)/t12-,15-/m1/s1. The second-order valence-corrected chi connectivity index (χ2v) is 8.47. The van der Waals surface area contributed by atoms with Crippen molar-refractivity contribution < 1.29 is 14.7 Å². The second kappa shape index (κ2) is 7.94. The van der Waals surface area contributed by atoms with Gasteiger partial charge in [0.15, 0.2) is 0 Å². The van der Waals surface area contributed by atoms with Gasteiger partial charge in [-0.05, 0) is 29.3 Å². The quantitative estimate of drug-likeness (QED) is 0.407. The first-order valence-electron chi connectivity index (χ1n) is 7.52. The van der Waals surface area contributed by atoms with Crippen molar-refractivity contribution >= 4 is 75.6 Å². The number of nitrogens with one attached hydrogen (secondary N) is 1. The molecule has 26 heavy (non-hydrogen) atoms. The lowest BCUT2D eigenvalue weighted by molar-refractivity contribution is -0.148. The minimum Gasteiger partial charge on any atom is -0.477 e. The normalized spacial score (nSPS) is 22.0.